The van der Waals surface area contributed by atoms with E-state index in [1.807, 2.05) is 0 Å². The van der Waals surface area contributed by atoms with Crippen molar-refractivity contribution in [3.63, 3.8) is 0 Å². The first-order valence-electron chi connectivity index (χ1n) is 6.12. The molecule has 0 spiro atoms. The lowest BCUT2D eigenvalue weighted by Crippen LogP contribution is -2.48. The number of piperidine rings is 1. The summed E-state index contributed by atoms with van der Waals surface area (Å²) in [5, 5.41) is 0. The minimum Gasteiger partial charge on any atom is -0.375 e. The zero-order valence-corrected chi connectivity index (χ0v) is 10.1. The zero-order valence-electron chi connectivity index (χ0n) is 10.1. The van der Waals surface area contributed by atoms with Crippen LogP contribution in [0.5, 0.6) is 0 Å². The average Bonchev–Trinajstić information content (AvgIpc) is 2.24. The SMILES string of the molecule is C=C(C1CN(C)C1)N1CCC([B]C)CC1. The van der Waals surface area contributed by atoms with Crippen LogP contribution in [0.1, 0.15) is 12.8 Å². The van der Waals surface area contributed by atoms with Gasteiger partial charge in [-0.2, -0.15) is 0 Å². The van der Waals surface area contributed by atoms with Crippen LogP contribution in [0.3, 0.4) is 0 Å². The molecule has 0 saturated carbocycles. The zero-order chi connectivity index (χ0) is 10.8. The molecule has 0 N–H and O–H groups in total. The molecule has 0 bridgehead atoms. The Bertz CT molecular complexity index is 228. The van der Waals surface area contributed by atoms with Crippen molar-refractivity contribution >= 4 is 7.28 Å². The minimum absolute atomic E-state index is 0.733. The van der Waals surface area contributed by atoms with Gasteiger partial charge in [0, 0.05) is 37.8 Å². The van der Waals surface area contributed by atoms with Gasteiger partial charge in [0.05, 0.1) is 0 Å². The second kappa shape index (κ2) is 4.61. The molecule has 0 aromatic carbocycles. The van der Waals surface area contributed by atoms with Crippen molar-refractivity contribution in [2.24, 2.45) is 5.92 Å². The molecule has 2 aliphatic rings. The summed E-state index contributed by atoms with van der Waals surface area (Å²) in [4.78, 5) is 4.88. The third-order valence-electron chi connectivity index (χ3n) is 3.95. The van der Waals surface area contributed by atoms with Gasteiger partial charge >= 0.3 is 0 Å². The first-order chi connectivity index (χ1) is 7.20. The topological polar surface area (TPSA) is 6.48 Å². The molecule has 2 fully saturated rings. The number of hydrogen-bond donors (Lipinski definition) is 0. The molecule has 2 saturated heterocycles. The third-order valence-corrected chi connectivity index (χ3v) is 3.95. The van der Waals surface area contributed by atoms with Crippen LogP contribution in [0.25, 0.3) is 0 Å². The largest absolute Gasteiger partial charge is 0.375 e. The van der Waals surface area contributed by atoms with Gasteiger partial charge in [-0.15, -0.1) is 0 Å². The molecule has 2 aliphatic heterocycles. The fourth-order valence-corrected chi connectivity index (χ4v) is 2.69. The summed E-state index contributed by atoms with van der Waals surface area (Å²) in [7, 11) is 4.54. The van der Waals surface area contributed by atoms with E-state index in [0.29, 0.717) is 0 Å². The highest BCUT2D eigenvalue weighted by molar-refractivity contribution is 6.35. The first kappa shape index (κ1) is 11.1. The molecule has 0 amide bonds. The van der Waals surface area contributed by atoms with E-state index in [4.69, 9.17) is 0 Å². The summed E-state index contributed by atoms with van der Waals surface area (Å²) in [6.07, 6.45) is 2.64. The van der Waals surface area contributed by atoms with E-state index in [2.05, 4.69) is 37.5 Å². The van der Waals surface area contributed by atoms with E-state index in [0.717, 1.165) is 11.7 Å². The predicted octanol–water partition coefficient (Wildman–Crippen LogP) is 1.70. The highest BCUT2D eigenvalue weighted by Gasteiger charge is 2.30. The molecule has 0 aliphatic carbocycles. The van der Waals surface area contributed by atoms with Gasteiger partial charge in [0.25, 0.3) is 0 Å². The van der Waals surface area contributed by atoms with Crippen LogP contribution in [-0.2, 0) is 0 Å². The summed E-state index contributed by atoms with van der Waals surface area (Å²) in [5.41, 5.74) is 1.39. The van der Waals surface area contributed by atoms with Crippen molar-refractivity contribution in [1.82, 2.24) is 9.80 Å². The fourth-order valence-electron chi connectivity index (χ4n) is 2.69. The predicted molar refractivity (Wildman–Crippen MR) is 66.3 cm³/mol. The molecule has 0 aromatic heterocycles. The summed E-state index contributed by atoms with van der Waals surface area (Å²) >= 11 is 0. The number of nitrogens with zero attached hydrogens (tertiary/aromatic N) is 2. The van der Waals surface area contributed by atoms with Crippen LogP contribution in [0.15, 0.2) is 12.3 Å². The van der Waals surface area contributed by atoms with Crippen LogP contribution in [-0.4, -0.2) is 50.3 Å². The molecule has 3 heteroatoms. The van der Waals surface area contributed by atoms with Gasteiger partial charge in [-0.3, -0.25) is 0 Å². The maximum absolute atomic E-state index is 4.27. The third kappa shape index (κ3) is 2.39. The molecule has 0 aromatic rings. The molecule has 2 nitrogen and oxygen atoms in total. The van der Waals surface area contributed by atoms with Gasteiger partial charge in [0.2, 0.25) is 0 Å². The van der Waals surface area contributed by atoms with Gasteiger partial charge < -0.3 is 9.80 Å². The molecular weight excluding hydrogens is 183 g/mol. The van der Waals surface area contributed by atoms with E-state index in [9.17, 15) is 0 Å². The maximum atomic E-state index is 4.27. The van der Waals surface area contributed by atoms with E-state index < -0.39 is 0 Å². The smallest absolute Gasteiger partial charge is 0.110 e. The normalized spacial score (nSPS) is 25.1. The van der Waals surface area contributed by atoms with Crippen molar-refractivity contribution in [1.29, 1.82) is 0 Å². The lowest BCUT2D eigenvalue weighted by atomic mass is 9.63. The Kier molecular flexibility index (Phi) is 3.40. The molecule has 1 radical (unpaired) electrons. The quantitative estimate of drug-likeness (QED) is 0.647. The Balaban J connectivity index is 1.78. The lowest BCUT2D eigenvalue weighted by Gasteiger charge is -2.44. The Hall–Kier alpha value is -0.435. The van der Waals surface area contributed by atoms with Gasteiger partial charge in [-0.05, 0) is 19.9 Å². The van der Waals surface area contributed by atoms with Gasteiger partial charge in [-0.1, -0.05) is 19.2 Å². The number of likely N-dealkylation sites (tertiary alicyclic amines) is 2. The standard InChI is InChI=1S/C12H22BN2/c1-10(11-8-14(3)9-11)15-6-4-12(13-2)5-7-15/h11-12H,1,4-9H2,2-3H3. The van der Waals surface area contributed by atoms with Gasteiger partial charge in [0.15, 0.2) is 0 Å². The fraction of sp³-hybridized carbons (Fsp3) is 0.833. The van der Waals surface area contributed by atoms with Crippen molar-refractivity contribution in [3.8, 4) is 0 Å². The van der Waals surface area contributed by atoms with Crippen LogP contribution in [0.2, 0.25) is 12.6 Å². The molecule has 83 valence electrons. The number of hydrogen-bond acceptors (Lipinski definition) is 2. The molecular formula is C12H22BN2. The van der Waals surface area contributed by atoms with Crippen molar-refractivity contribution in [2.75, 3.05) is 33.2 Å². The van der Waals surface area contributed by atoms with Crippen molar-refractivity contribution in [2.45, 2.75) is 25.5 Å². The summed E-state index contributed by atoms with van der Waals surface area (Å²) in [6.45, 7) is 11.3. The highest BCUT2D eigenvalue weighted by atomic mass is 15.2. The summed E-state index contributed by atoms with van der Waals surface area (Å²) in [6, 6.07) is 0. The van der Waals surface area contributed by atoms with E-state index in [1.165, 1.54) is 44.7 Å². The van der Waals surface area contributed by atoms with E-state index in [-0.39, 0.29) is 0 Å². The highest BCUT2D eigenvalue weighted by Crippen LogP contribution is 2.29. The second-order valence-electron chi connectivity index (χ2n) is 5.07. The monoisotopic (exact) mass is 205 g/mol. The van der Waals surface area contributed by atoms with Crippen molar-refractivity contribution in [3.05, 3.63) is 12.3 Å². The Morgan fingerprint density at radius 2 is 1.87 bits per heavy atom. The van der Waals surface area contributed by atoms with Crippen LogP contribution in [0, 0.1) is 5.92 Å². The van der Waals surface area contributed by atoms with E-state index >= 15 is 0 Å². The Morgan fingerprint density at radius 3 is 2.33 bits per heavy atom. The first-order valence-corrected chi connectivity index (χ1v) is 6.12. The Labute approximate surface area is 94.6 Å². The molecule has 15 heavy (non-hydrogen) atoms. The Morgan fingerprint density at radius 1 is 1.27 bits per heavy atom. The minimum atomic E-state index is 0.733. The van der Waals surface area contributed by atoms with E-state index in [1.54, 1.807) is 0 Å². The van der Waals surface area contributed by atoms with Gasteiger partial charge in [-0.25, -0.2) is 0 Å². The molecule has 0 atom stereocenters. The van der Waals surface area contributed by atoms with Crippen LogP contribution >= 0.6 is 0 Å². The maximum Gasteiger partial charge on any atom is 0.110 e. The van der Waals surface area contributed by atoms with Crippen molar-refractivity contribution < 1.29 is 0 Å². The van der Waals surface area contributed by atoms with Crippen LogP contribution < -0.4 is 0 Å². The van der Waals surface area contributed by atoms with Gasteiger partial charge in [0.1, 0.15) is 7.28 Å². The molecule has 2 heterocycles. The summed E-state index contributed by atoms with van der Waals surface area (Å²) < 4.78 is 0. The van der Waals surface area contributed by atoms with Crippen LogP contribution in [0.4, 0.5) is 0 Å². The molecule has 0 unspecified atom stereocenters. The number of rotatable bonds is 3. The summed E-state index contributed by atoms with van der Waals surface area (Å²) in [5.74, 6) is 1.58. The average molecular weight is 205 g/mol. The molecule has 2 rings (SSSR count). The second-order valence-corrected chi connectivity index (χ2v) is 5.07. The lowest BCUT2D eigenvalue weighted by molar-refractivity contribution is 0.124.